The molecule has 0 aliphatic heterocycles. The molecule has 0 N–H and O–H groups in total. The van der Waals surface area contributed by atoms with Gasteiger partial charge in [0.15, 0.2) is 8.32 Å². The first kappa shape index (κ1) is 18.3. The fourth-order valence-electron chi connectivity index (χ4n) is 2.42. The van der Waals surface area contributed by atoms with E-state index in [0.717, 1.165) is 0 Å². The van der Waals surface area contributed by atoms with Crippen LogP contribution < -0.4 is 0 Å². The average molecular weight is 311 g/mol. The quantitative estimate of drug-likeness (QED) is 0.418. The van der Waals surface area contributed by atoms with E-state index >= 15 is 0 Å². The van der Waals surface area contributed by atoms with Gasteiger partial charge in [0, 0.05) is 12.8 Å². The zero-order valence-electron chi connectivity index (χ0n) is 14.3. The molecular weight excluding hydrogens is 280 g/mol. The van der Waals surface area contributed by atoms with E-state index in [9.17, 15) is 9.59 Å². The van der Waals surface area contributed by atoms with Gasteiger partial charge in [-0.05, 0) is 37.4 Å². The lowest BCUT2D eigenvalue weighted by molar-refractivity contribution is -0.147. The molecule has 1 aliphatic carbocycles. The Hall–Kier alpha value is -0.743. The number of carbonyl (C=O) groups is 2. The third-order valence-electron chi connectivity index (χ3n) is 5.14. The summed E-state index contributed by atoms with van der Waals surface area (Å²) in [4.78, 5) is 25.0. The van der Waals surface area contributed by atoms with Gasteiger partial charge < -0.3 is 4.43 Å². The third kappa shape index (κ3) is 3.92. The molecule has 0 radical (unpaired) electrons. The van der Waals surface area contributed by atoms with Gasteiger partial charge in [-0.3, -0.25) is 9.59 Å². The van der Waals surface area contributed by atoms with Crippen LogP contribution in [0.1, 0.15) is 52.9 Å². The molecule has 1 fully saturated rings. The number of Topliss-reactive ketones (excluding diaryl/α,β-unsaturated/α-hetero) is 2. The van der Waals surface area contributed by atoms with Gasteiger partial charge in [-0.25, -0.2) is 0 Å². The summed E-state index contributed by atoms with van der Waals surface area (Å²) in [5.74, 6) is 0.138. The molecule has 1 saturated carbocycles. The Morgan fingerprint density at radius 3 is 2.19 bits per heavy atom. The first-order valence-electron chi connectivity index (χ1n) is 7.88. The summed E-state index contributed by atoms with van der Waals surface area (Å²) in [6.07, 6.45) is 4.70. The third-order valence-corrected chi connectivity index (χ3v) is 9.61. The summed E-state index contributed by atoms with van der Waals surface area (Å²) in [5, 5.41) is 0.0768. The maximum absolute atomic E-state index is 12.5. The summed E-state index contributed by atoms with van der Waals surface area (Å²) < 4.78 is 6.24. The lowest BCUT2D eigenvalue weighted by Crippen LogP contribution is -2.50. The van der Waals surface area contributed by atoms with E-state index in [1.165, 1.54) is 0 Å². The second-order valence-electron chi connectivity index (χ2n) is 7.66. The Kier molecular flexibility index (Phi) is 5.73. The Morgan fingerprint density at radius 2 is 1.76 bits per heavy atom. The Balaban J connectivity index is 2.96. The van der Waals surface area contributed by atoms with E-state index in [1.54, 1.807) is 6.08 Å². The normalized spacial score (nSPS) is 19.7. The second kappa shape index (κ2) is 6.57. The topological polar surface area (TPSA) is 43.4 Å². The van der Waals surface area contributed by atoms with Crippen LogP contribution >= 0.6 is 0 Å². The van der Waals surface area contributed by atoms with Gasteiger partial charge in [-0.15, -0.1) is 6.58 Å². The Bertz CT molecular complexity index is 402. The van der Waals surface area contributed by atoms with Crippen molar-refractivity contribution < 1.29 is 14.0 Å². The minimum atomic E-state index is -1.96. The lowest BCUT2D eigenvalue weighted by atomic mass is 9.70. The predicted molar refractivity (Wildman–Crippen MR) is 88.9 cm³/mol. The molecule has 3 nitrogen and oxygen atoms in total. The van der Waals surface area contributed by atoms with Crippen molar-refractivity contribution in [1.82, 2.24) is 0 Å². The summed E-state index contributed by atoms with van der Waals surface area (Å²) >= 11 is 0. The van der Waals surface area contributed by atoms with E-state index in [0.29, 0.717) is 32.1 Å². The standard InChI is InChI=1S/C17H30O3Si/c1-7-8-12-17(14(18)10-9-11-15(17)19)13-20-21(5,6)16(2,3)4/h7H,1,8-13H2,2-6H3. The van der Waals surface area contributed by atoms with Crippen LogP contribution in [0.5, 0.6) is 0 Å². The van der Waals surface area contributed by atoms with E-state index < -0.39 is 13.7 Å². The number of rotatable bonds is 6. The molecule has 120 valence electrons. The Morgan fingerprint density at radius 1 is 1.24 bits per heavy atom. The van der Waals surface area contributed by atoms with Crippen molar-refractivity contribution in [2.24, 2.45) is 5.41 Å². The summed E-state index contributed by atoms with van der Waals surface area (Å²) in [7, 11) is -1.96. The molecule has 1 rings (SSSR count). The molecule has 0 saturated heterocycles. The van der Waals surface area contributed by atoms with Crippen molar-refractivity contribution in [3.05, 3.63) is 12.7 Å². The molecule has 0 bridgehead atoms. The molecule has 0 unspecified atom stereocenters. The number of hydrogen-bond acceptors (Lipinski definition) is 3. The minimum Gasteiger partial charge on any atom is -0.415 e. The SMILES string of the molecule is C=CCCC1(CO[Si](C)(C)C(C)(C)C)C(=O)CCCC1=O. The maximum Gasteiger partial charge on any atom is 0.192 e. The van der Waals surface area contributed by atoms with Crippen LogP contribution in [0.4, 0.5) is 0 Å². The molecule has 0 aromatic carbocycles. The molecule has 4 heteroatoms. The molecule has 0 heterocycles. The van der Waals surface area contributed by atoms with Crippen LogP contribution in [-0.4, -0.2) is 26.5 Å². The molecule has 21 heavy (non-hydrogen) atoms. The second-order valence-corrected chi connectivity index (χ2v) is 12.5. The summed E-state index contributed by atoms with van der Waals surface area (Å²) in [5.41, 5.74) is -0.915. The molecule has 1 aliphatic rings. The maximum atomic E-state index is 12.5. The highest BCUT2D eigenvalue weighted by molar-refractivity contribution is 6.74. The highest BCUT2D eigenvalue weighted by Gasteiger charge is 2.48. The Labute approximate surface area is 130 Å². The van der Waals surface area contributed by atoms with Crippen LogP contribution in [0, 0.1) is 5.41 Å². The van der Waals surface area contributed by atoms with Crippen molar-refractivity contribution in [3.63, 3.8) is 0 Å². The van der Waals surface area contributed by atoms with E-state index in [1.807, 2.05) is 0 Å². The summed E-state index contributed by atoms with van der Waals surface area (Å²) in [6, 6.07) is 0. The molecule has 0 aromatic heterocycles. The van der Waals surface area contributed by atoms with Crippen molar-refractivity contribution in [2.75, 3.05) is 6.61 Å². The van der Waals surface area contributed by atoms with Crippen LogP contribution in [-0.2, 0) is 14.0 Å². The fraction of sp³-hybridized carbons (Fsp3) is 0.765. The molecule has 0 spiro atoms. The monoisotopic (exact) mass is 310 g/mol. The first-order valence-corrected chi connectivity index (χ1v) is 10.8. The highest BCUT2D eigenvalue weighted by atomic mass is 28.4. The van der Waals surface area contributed by atoms with Crippen molar-refractivity contribution >= 4 is 19.9 Å². The average Bonchev–Trinajstić information content (AvgIpc) is 2.36. The molecule has 0 amide bonds. The van der Waals surface area contributed by atoms with Crippen LogP contribution in [0.15, 0.2) is 12.7 Å². The molecular formula is C17H30O3Si. The highest BCUT2D eigenvalue weighted by Crippen LogP contribution is 2.40. The predicted octanol–water partition coefficient (Wildman–Crippen LogP) is 4.28. The van der Waals surface area contributed by atoms with Crippen LogP contribution in [0.25, 0.3) is 0 Å². The number of ketones is 2. The lowest BCUT2D eigenvalue weighted by Gasteiger charge is -2.41. The van der Waals surface area contributed by atoms with E-state index in [2.05, 4.69) is 40.4 Å². The van der Waals surface area contributed by atoms with Crippen LogP contribution in [0.3, 0.4) is 0 Å². The van der Waals surface area contributed by atoms with Crippen molar-refractivity contribution in [2.45, 2.75) is 71.0 Å². The fourth-order valence-corrected chi connectivity index (χ4v) is 3.46. The van der Waals surface area contributed by atoms with Gasteiger partial charge in [0.1, 0.15) is 17.0 Å². The van der Waals surface area contributed by atoms with E-state index in [-0.39, 0.29) is 23.2 Å². The minimum absolute atomic E-state index is 0.0688. The number of carbonyl (C=O) groups excluding carboxylic acids is 2. The van der Waals surface area contributed by atoms with Crippen molar-refractivity contribution in [1.29, 1.82) is 0 Å². The van der Waals surface area contributed by atoms with Gasteiger partial charge in [0.25, 0.3) is 0 Å². The van der Waals surface area contributed by atoms with Crippen molar-refractivity contribution in [3.8, 4) is 0 Å². The van der Waals surface area contributed by atoms with Gasteiger partial charge in [0.05, 0.1) is 6.61 Å². The van der Waals surface area contributed by atoms with E-state index in [4.69, 9.17) is 4.43 Å². The number of allylic oxidation sites excluding steroid dienone is 1. The zero-order chi connectivity index (χ0) is 16.3. The molecule has 0 aromatic rings. The largest absolute Gasteiger partial charge is 0.415 e. The number of hydrogen-bond donors (Lipinski definition) is 0. The van der Waals surface area contributed by atoms with Gasteiger partial charge in [-0.1, -0.05) is 26.8 Å². The summed E-state index contributed by atoms with van der Waals surface area (Å²) in [6.45, 7) is 14.8. The zero-order valence-corrected chi connectivity index (χ0v) is 15.3. The molecule has 0 atom stereocenters. The smallest absolute Gasteiger partial charge is 0.192 e. The van der Waals surface area contributed by atoms with Gasteiger partial charge in [-0.2, -0.15) is 0 Å². The van der Waals surface area contributed by atoms with Crippen LogP contribution in [0.2, 0.25) is 18.1 Å². The van der Waals surface area contributed by atoms with Gasteiger partial charge in [0.2, 0.25) is 0 Å². The first-order chi connectivity index (χ1) is 9.57. The van der Waals surface area contributed by atoms with Gasteiger partial charge >= 0.3 is 0 Å².